The number of aromatic carboxylic acids is 2. The van der Waals surface area contributed by atoms with Crippen molar-refractivity contribution in [1.29, 1.82) is 0 Å². The lowest BCUT2D eigenvalue weighted by Gasteiger charge is -2.04. The minimum absolute atomic E-state index is 0.0581. The lowest BCUT2D eigenvalue weighted by Crippen LogP contribution is -2.04. The maximum Gasteiger partial charge on any atom is 0.336 e. The minimum Gasteiger partial charge on any atom is -0.478 e. The fraction of sp³-hybridized carbons (Fsp3) is 0. The summed E-state index contributed by atoms with van der Waals surface area (Å²) in [5, 5.41) is 18.8. The van der Waals surface area contributed by atoms with Crippen LogP contribution < -0.4 is 0 Å². The summed E-state index contributed by atoms with van der Waals surface area (Å²) in [5.74, 6) is -2.33. The van der Waals surface area contributed by atoms with Gasteiger partial charge in [0.15, 0.2) is 0 Å². The molecule has 0 amide bonds. The van der Waals surface area contributed by atoms with Gasteiger partial charge >= 0.3 is 11.9 Å². The van der Waals surface area contributed by atoms with E-state index in [1.165, 1.54) is 23.5 Å². The van der Waals surface area contributed by atoms with Gasteiger partial charge in [-0.25, -0.2) is 14.6 Å². The summed E-state index contributed by atoms with van der Waals surface area (Å²) in [6, 6.07) is 11.5. The van der Waals surface area contributed by atoms with E-state index in [0.717, 1.165) is 16.3 Å². The van der Waals surface area contributed by atoms with Gasteiger partial charge in [-0.3, -0.25) is 0 Å². The average molecular weight is 299 g/mol. The molecule has 3 rings (SSSR count). The molecule has 1 heterocycles. The van der Waals surface area contributed by atoms with Gasteiger partial charge < -0.3 is 10.2 Å². The van der Waals surface area contributed by atoms with Crippen molar-refractivity contribution in [2.24, 2.45) is 0 Å². The number of nitrogens with zero attached hydrogens (tertiary/aromatic N) is 1. The van der Waals surface area contributed by atoms with Gasteiger partial charge in [0.2, 0.25) is 0 Å². The molecule has 2 N–H and O–H groups in total. The van der Waals surface area contributed by atoms with Crippen LogP contribution >= 0.6 is 11.3 Å². The van der Waals surface area contributed by atoms with Crippen molar-refractivity contribution >= 4 is 33.5 Å². The van der Waals surface area contributed by atoms with E-state index in [4.69, 9.17) is 5.11 Å². The van der Waals surface area contributed by atoms with Crippen molar-refractivity contribution in [3.05, 3.63) is 53.6 Å². The van der Waals surface area contributed by atoms with Gasteiger partial charge in [-0.1, -0.05) is 18.2 Å². The molecule has 6 heteroatoms. The SMILES string of the molecule is O=C(O)c1ccc(-c2nc3ccccc3s2)c(C(=O)O)c1. The first-order valence-corrected chi connectivity index (χ1v) is 6.84. The molecule has 3 aromatic rings. The first kappa shape index (κ1) is 13.3. The second-order valence-corrected chi connectivity index (χ2v) is 5.39. The molecule has 0 saturated heterocycles. The number of carboxylic acid groups (broad SMARTS) is 2. The molecule has 0 radical (unpaired) electrons. The Morgan fingerprint density at radius 2 is 1.76 bits per heavy atom. The summed E-state index contributed by atoms with van der Waals surface area (Å²) in [6.45, 7) is 0. The Labute approximate surface area is 123 Å². The molecule has 5 nitrogen and oxygen atoms in total. The van der Waals surface area contributed by atoms with Crippen LogP contribution in [0.25, 0.3) is 20.8 Å². The summed E-state index contributed by atoms with van der Waals surface area (Å²) in [5.41, 5.74) is 1.09. The van der Waals surface area contributed by atoms with Gasteiger partial charge in [-0.05, 0) is 24.3 Å². The molecular formula is C15H9NO4S. The highest BCUT2D eigenvalue weighted by Crippen LogP contribution is 2.32. The molecular weight excluding hydrogens is 290 g/mol. The van der Waals surface area contributed by atoms with Crippen molar-refractivity contribution in [2.45, 2.75) is 0 Å². The van der Waals surface area contributed by atoms with E-state index >= 15 is 0 Å². The number of fused-ring (bicyclic) bond motifs is 1. The molecule has 104 valence electrons. The van der Waals surface area contributed by atoms with Crippen LogP contribution in [0.4, 0.5) is 0 Å². The van der Waals surface area contributed by atoms with Crippen LogP contribution in [0.3, 0.4) is 0 Å². The van der Waals surface area contributed by atoms with Crippen LogP contribution in [0.5, 0.6) is 0 Å². The molecule has 1 aromatic heterocycles. The topological polar surface area (TPSA) is 87.5 Å². The molecule has 0 aliphatic carbocycles. The first-order valence-electron chi connectivity index (χ1n) is 6.03. The van der Waals surface area contributed by atoms with Crippen LogP contribution in [0.1, 0.15) is 20.7 Å². The molecule has 0 bridgehead atoms. The average Bonchev–Trinajstić information content (AvgIpc) is 2.90. The maximum absolute atomic E-state index is 11.4. The fourth-order valence-electron chi connectivity index (χ4n) is 2.03. The smallest absolute Gasteiger partial charge is 0.336 e. The maximum atomic E-state index is 11.4. The van der Waals surface area contributed by atoms with Crippen molar-refractivity contribution in [1.82, 2.24) is 4.98 Å². The van der Waals surface area contributed by atoms with Gasteiger partial charge in [-0.2, -0.15) is 0 Å². The zero-order valence-electron chi connectivity index (χ0n) is 10.6. The van der Waals surface area contributed by atoms with E-state index < -0.39 is 11.9 Å². The predicted octanol–water partition coefficient (Wildman–Crippen LogP) is 3.36. The molecule has 0 spiro atoms. The number of carboxylic acids is 2. The predicted molar refractivity (Wildman–Crippen MR) is 79.0 cm³/mol. The molecule has 21 heavy (non-hydrogen) atoms. The lowest BCUT2D eigenvalue weighted by atomic mass is 10.0. The second kappa shape index (κ2) is 4.99. The van der Waals surface area contributed by atoms with Crippen LogP contribution in [-0.4, -0.2) is 27.1 Å². The van der Waals surface area contributed by atoms with Crippen LogP contribution in [0, 0.1) is 0 Å². The summed E-state index contributed by atoms with van der Waals surface area (Å²) in [6.07, 6.45) is 0. The Morgan fingerprint density at radius 3 is 2.43 bits per heavy atom. The van der Waals surface area contributed by atoms with E-state index in [2.05, 4.69) is 4.98 Å². The highest BCUT2D eigenvalue weighted by Gasteiger charge is 2.17. The summed E-state index contributed by atoms with van der Waals surface area (Å²) >= 11 is 1.37. The van der Waals surface area contributed by atoms with Crippen LogP contribution in [0.2, 0.25) is 0 Å². The van der Waals surface area contributed by atoms with Crippen molar-refractivity contribution in [2.75, 3.05) is 0 Å². The zero-order chi connectivity index (χ0) is 15.0. The Kier molecular flexibility index (Phi) is 3.15. The molecule has 0 fully saturated rings. The molecule has 0 saturated carbocycles. The van der Waals surface area contributed by atoms with E-state index in [9.17, 15) is 14.7 Å². The van der Waals surface area contributed by atoms with Crippen molar-refractivity contribution in [3.63, 3.8) is 0 Å². The van der Waals surface area contributed by atoms with Crippen LogP contribution in [0.15, 0.2) is 42.5 Å². The Morgan fingerprint density at radius 1 is 1.00 bits per heavy atom. The number of hydrogen-bond donors (Lipinski definition) is 2. The molecule has 0 atom stereocenters. The number of carbonyl (C=O) groups is 2. The molecule has 0 aliphatic heterocycles. The minimum atomic E-state index is -1.17. The fourth-order valence-corrected chi connectivity index (χ4v) is 3.03. The number of benzene rings is 2. The normalized spacial score (nSPS) is 10.7. The number of thiazole rings is 1. The number of rotatable bonds is 3. The molecule has 0 aliphatic rings. The highest BCUT2D eigenvalue weighted by atomic mass is 32.1. The monoisotopic (exact) mass is 299 g/mol. The van der Waals surface area contributed by atoms with Crippen molar-refractivity contribution < 1.29 is 19.8 Å². The van der Waals surface area contributed by atoms with E-state index in [1.54, 1.807) is 0 Å². The van der Waals surface area contributed by atoms with Crippen molar-refractivity contribution in [3.8, 4) is 10.6 Å². The van der Waals surface area contributed by atoms with Gasteiger partial charge in [0.1, 0.15) is 5.01 Å². The van der Waals surface area contributed by atoms with E-state index in [0.29, 0.717) is 10.6 Å². The van der Waals surface area contributed by atoms with Gasteiger partial charge in [-0.15, -0.1) is 11.3 Å². The second-order valence-electron chi connectivity index (χ2n) is 4.36. The zero-order valence-corrected chi connectivity index (χ0v) is 11.4. The Bertz CT molecular complexity index is 836. The molecule has 0 unspecified atom stereocenters. The summed E-state index contributed by atoms with van der Waals surface area (Å²) in [4.78, 5) is 26.7. The number of hydrogen-bond acceptors (Lipinski definition) is 4. The summed E-state index contributed by atoms with van der Waals surface area (Å²) in [7, 11) is 0. The summed E-state index contributed by atoms with van der Waals surface area (Å²) < 4.78 is 0.950. The van der Waals surface area contributed by atoms with Gasteiger partial charge in [0, 0.05) is 5.56 Å². The van der Waals surface area contributed by atoms with E-state index in [-0.39, 0.29) is 11.1 Å². The molecule has 2 aromatic carbocycles. The van der Waals surface area contributed by atoms with E-state index in [1.807, 2.05) is 24.3 Å². The standard InChI is InChI=1S/C15H9NO4S/c17-14(18)8-5-6-9(10(7-8)15(19)20)13-16-11-3-1-2-4-12(11)21-13/h1-7H,(H,17,18)(H,19,20). The lowest BCUT2D eigenvalue weighted by molar-refractivity contribution is 0.0696. The Balaban J connectivity index is 2.21. The first-order chi connectivity index (χ1) is 10.1. The van der Waals surface area contributed by atoms with Crippen LogP contribution in [-0.2, 0) is 0 Å². The third kappa shape index (κ3) is 2.36. The van der Waals surface area contributed by atoms with Gasteiger partial charge in [0.25, 0.3) is 0 Å². The Hall–Kier alpha value is -2.73. The number of para-hydroxylation sites is 1. The highest BCUT2D eigenvalue weighted by molar-refractivity contribution is 7.21. The largest absolute Gasteiger partial charge is 0.478 e. The third-order valence-electron chi connectivity index (χ3n) is 3.02. The number of aromatic nitrogens is 1. The van der Waals surface area contributed by atoms with Gasteiger partial charge in [0.05, 0.1) is 21.3 Å². The quantitative estimate of drug-likeness (QED) is 0.774. The third-order valence-corrected chi connectivity index (χ3v) is 4.09.